The highest BCUT2D eigenvalue weighted by atomic mass is 16.5. The van der Waals surface area contributed by atoms with Crippen LogP contribution in [0.1, 0.15) is 5.56 Å². The minimum Gasteiger partial charge on any atom is -0.495 e. The first-order valence-electron chi connectivity index (χ1n) is 3.57. The van der Waals surface area contributed by atoms with Crippen LogP contribution in [0.5, 0.6) is 0 Å². The lowest BCUT2D eigenvalue weighted by molar-refractivity contribution is 0.370. The average molecular weight is 159 g/mol. The third-order valence-corrected chi connectivity index (χ3v) is 1.47. The molecule has 2 nitrogen and oxygen atoms in total. The molecule has 0 fully saturated rings. The molecular formula is C10H9NO. The summed E-state index contributed by atoms with van der Waals surface area (Å²) in [5.41, 5.74) is 0.918. The summed E-state index contributed by atoms with van der Waals surface area (Å²) in [5.74, 6) is 0.595. The minimum absolute atomic E-state index is 0.595. The van der Waals surface area contributed by atoms with Gasteiger partial charge in [-0.3, -0.25) is 0 Å². The molecule has 0 heterocycles. The fraction of sp³-hybridized carbons (Fsp3) is 0.100. The van der Waals surface area contributed by atoms with Gasteiger partial charge >= 0.3 is 0 Å². The van der Waals surface area contributed by atoms with Crippen LogP contribution >= 0.6 is 0 Å². The van der Waals surface area contributed by atoms with Crippen molar-refractivity contribution in [2.75, 3.05) is 7.11 Å². The number of nitrogens with zero attached hydrogens (tertiary/aromatic N) is 1. The number of ether oxygens (including phenoxy) is 1. The van der Waals surface area contributed by atoms with Gasteiger partial charge in [0.05, 0.1) is 19.3 Å². The summed E-state index contributed by atoms with van der Waals surface area (Å²) in [6.45, 7) is 0. The van der Waals surface area contributed by atoms with Crippen LogP contribution in [-0.4, -0.2) is 7.11 Å². The molecule has 2 heteroatoms. The summed E-state index contributed by atoms with van der Waals surface area (Å²) in [6.07, 6.45) is 1.38. The van der Waals surface area contributed by atoms with Crippen molar-refractivity contribution >= 4 is 5.76 Å². The predicted octanol–water partition coefficient (Wildman–Crippen LogP) is 2.20. The predicted molar refractivity (Wildman–Crippen MR) is 47.0 cm³/mol. The molecule has 0 bridgehead atoms. The summed E-state index contributed by atoms with van der Waals surface area (Å²) in [5, 5.41) is 8.42. The Hall–Kier alpha value is -1.75. The lowest BCUT2D eigenvalue weighted by Gasteiger charge is -2.02. The Morgan fingerprint density at radius 1 is 1.42 bits per heavy atom. The maximum atomic E-state index is 8.42. The van der Waals surface area contributed by atoms with E-state index in [1.54, 1.807) is 7.11 Å². The molecule has 1 rings (SSSR count). The SMILES string of the molecule is CO/C(=C\C#N)c1ccccc1. The second-order valence-corrected chi connectivity index (χ2v) is 2.21. The van der Waals surface area contributed by atoms with Gasteiger partial charge in [0.25, 0.3) is 0 Å². The molecule has 0 spiro atoms. The number of hydrogen-bond donors (Lipinski definition) is 0. The molecule has 0 aliphatic carbocycles. The summed E-state index contributed by atoms with van der Waals surface area (Å²) in [4.78, 5) is 0. The molecule has 1 aromatic rings. The monoisotopic (exact) mass is 159 g/mol. The maximum absolute atomic E-state index is 8.42. The molecule has 0 saturated carbocycles. The standard InChI is InChI=1S/C10H9NO/c1-12-10(7-8-11)9-5-3-2-4-6-9/h2-7H,1H3/b10-7-. The molecule has 0 aliphatic rings. The normalized spacial score (nSPS) is 10.5. The molecule has 0 unspecified atom stereocenters. The zero-order valence-electron chi connectivity index (χ0n) is 6.82. The summed E-state index contributed by atoms with van der Waals surface area (Å²) in [7, 11) is 1.55. The van der Waals surface area contributed by atoms with Gasteiger partial charge in [-0.25, -0.2) is 0 Å². The molecule has 0 saturated heterocycles. The smallest absolute Gasteiger partial charge is 0.136 e. The average Bonchev–Trinajstić information content (AvgIpc) is 2.15. The van der Waals surface area contributed by atoms with Crippen molar-refractivity contribution in [1.29, 1.82) is 5.26 Å². The number of hydrogen-bond acceptors (Lipinski definition) is 2. The highest BCUT2D eigenvalue weighted by Gasteiger charge is 1.97. The van der Waals surface area contributed by atoms with Gasteiger partial charge in [0.1, 0.15) is 5.76 Å². The van der Waals surface area contributed by atoms with Crippen molar-refractivity contribution in [3.63, 3.8) is 0 Å². The third-order valence-electron chi connectivity index (χ3n) is 1.47. The first kappa shape index (κ1) is 8.35. The number of benzene rings is 1. The Morgan fingerprint density at radius 3 is 2.58 bits per heavy atom. The van der Waals surface area contributed by atoms with Crippen LogP contribution in [0.4, 0.5) is 0 Å². The van der Waals surface area contributed by atoms with E-state index >= 15 is 0 Å². The summed E-state index contributed by atoms with van der Waals surface area (Å²) < 4.78 is 5.02. The maximum Gasteiger partial charge on any atom is 0.136 e. The van der Waals surface area contributed by atoms with Crippen molar-refractivity contribution in [3.8, 4) is 6.07 Å². The zero-order valence-corrected chi connectivity index (χ0v) is 6.82. The fourth-order valence-electron chi connectivity index (χ4n) is 0.921. The van der Waals surface area contributed by atoms with Crippen LogP contribution < -0.4 is 0 Å². The van der Waals surface area contributed by atoms with Gasteiger partial charge in [-0.2, -0.15) is 5.26 Å². The Balaban J connectivity index is 2.98. The van der Waals surface area contributed by atoms with Crippen LogP contribution in [0.25, 0.3) is 5.76 Å². The first-order chi connectivity index (χ1) is 5.88. The van der Waals surface area contributed by atoms with Crippen molar-refractivity contribution in [1.82, 2.24) is 0 Å². The molecule has 1 aromatic carbocycles. The molecule has 0 N–H and O–H groups in total. The van der Waals surface area contributed by atoms with Crippen LogP contribution in [0.3, 0.4) is 0 Å². The van der Waals surface area contributed by atoms with Crippen molar-refractivity contribution in [2.45, 2.75) is 0 Å². The highest BCUT2D eigenvalue weighted by Crippen LogP contribution is 2.13. The van der Waals surface area contributed by atoms with Crippen molar-refractivity contribution in [2.24, 2.45) is 0 Å². The quantitative estimate of drug-likeness (QED) is 0.489. The molecular weight excluding hydrogens is 150 g/mol. The van der Waals surface area contributed by atoms with Gasteiger partial charge in [-0.1, -0.05) is 30.3 Å². The molecule has 0 aromatic heterocycles. The second-order valence-electron chi connectivity index (χ2n) is 2.21. The molecule has 0 aliphatic heterocycles. The van der Waals surface area contributed by atoms with Crippen LogP contribution in [0.15, 0.2) is 36.4 Å². The van der Waals surface area contributed by atoms with E-state index in [-0.39, 0.29) is 0 Å². The van der Waals surface area contributed by atoms with Crippen molar-refractivity contribution < 1.29 is 4.74 Å². The van der Waals surface area contributed by atoms with Gasteiger partial charge in [0.15, 0.2) is 0 Å². The van der Waals surface area contributed by atoms with Crippen LogP contribution in [-0.2, 0) is 4.74 Å². The van der Waals surface area contributed by atoms with E-state index in [9.17, 15) is 0 Å². The van der Waals surface area contributed by atoms with E-state index in [4.69, 9.17) is 10.00 Å². The second kappa shape index (κ2) is 4.20. The van der Waals surface area contributed by atoms with E-state index < -0.39 is 0 Å². The van der Waals surface area contributed by atoms with E-state index in [1.165, 1.54) is 6.08 Å². The van der Waals surface area contributed by atoms with E-state index in [0.29, 0.717) is 5.76 Å². The third kappa shape index (κ3) is 1.86. The lowest BCUT2D eigenvalue weighted by Crippen LogP contribution is -1.85. The molecule has 60 valence electrons. The van der Waals surface area contributed by atoms with Gasteiger partial charge in [-0.15, -0.1) is 0 Å². The molecule has 12 heavy (non-hydrogen) atoms. The number of nitriles is 1. The summed E-state index contributed by atoms with van der Waals surface area (Å²) in [6, 6.07) is 11.4. The highest BCUT2D eigenvalue weighted by molar-refractivity contribution is 5.61. The largest absolute Gasteiger partial charge is 0.495 e. The Kier molecular flexibility index (Phi) is 2.92. The zero-order chi connectivity index (χ0) is 8.81. The molecule has 0 amide bonds. The minimum atomic E-state index is 0.595. The van der Waals surface area contributed by atoms with E-state index in [2.05, 4.69) is 0 Å². The van der Waals surface area contributed by atoms with Crippen LogP contribution in [0, 0.1) is 11.3 Å². The van der Waals surface area contributed by atoms with Gasteiger partial charge < -0.3 is 4.74 Å². The Bertz CT molecular complexity index is 308. The number of methoxy groups -OCH3 is 1. The van der Waals surface area contributed by atoms with Crippen LogP contribution in [0.2, 0.25) is 0 Å². The molecule has 0 atom stereocenters. The molecule has 0 radical (unpaired) electrons. The first-order valence-corrected chi connectivity index (χ1v) is 3.57. The Labute approximate surface area is 71.7 Å². The van der Waals surface area contributed by atoms with Gasteiger partial charge in [-0.05, 0) is 0 Å². The van der Waals surface area contributed by atoms with E-state index in [0.717, 1.165) is 5.56 Å². The Morgan fingerprint density at radius 2 is 2.08 bits per heavy atom. The summed E-state index contributed by atoms with van der Waals surface area (Å²) >= 11 is 0. The van der Waals surface area contributed by atoms with E-state index in [1.807, 2.05) is 36.4 Å². The van der Waals surface area contributed by atoms with Gasteiger partial charge in [0, 0.05) is 5.56 Å². The topological polar surface area (TPSA) is 33.0 Å². The number of allylic oxidation sites excluding steroid dienone is 1. The lowest BCUT2D eigenvalue weighted by atomic mass is 10.2. The number of rotatable bonds is 2. The van der Waals surface area contributed by atoms with Crippen molar-refractivity contribution in [3.05, 3.63) is 42.0 Å². The van der Waals surface area contributed by atoms with Gasteiger partial charge in [0.2, 0.25) is 0 Å². The fourth-order valence-corrected chi connectivity index (χ4v) is 0.921.